The highest BCUT2D eigenvalue weighted by molar-refractivity contribution is 8.14. The number of carbonyl (C=O) groups excluding carboxylic acids is 3. The third-order valence-corrected chi connectivity index (χ3v) is 4.70. The van der Waals surface area contributed by atoms with Crippen LogP contribution >= 0.6 is 23.5 Å². The third-order valence-electron chi connectivity index (χ3n) is 3.15. The highest BCUT2D eigenvalue weighted by Gasteiger charge is 2.22. The molecule has 0 heterocycles. The van der Waals surface area contributed by atoms with E-state index in [0.717, 1.165) is 17.5 Å². The SMILES string of the molecule is CSCCC(NC(=O)CCSC(=O)c1ccccc1)C(=O)OC(C)C. The molecule has 1 N–H and O–H groups in total. The largest absolute Gasteiger partial charge is 0.461 e. The van der Waals surface area contributed by atoms with Crippen LogP contribution in [0.2, 0.25) is 0 Å². The fourth-order valence-corrected chi connectivity index (χ4v) is 3.21. The molecule has 0 aromatic heterocycles. The van der Waals surface area contributed by atoms with Crippen molar-refractivity contribution in [1.29, 1.82) is 0 Å². The molecule has 25 heavy (non-hydrogen) atoms. The van der Waals surface area contributed by atoms with Gasteiger partial charge in [0.2, 0.25) is 11.0 Å². The predicted molar refractivity (Wildman–Crippen MR) is 104 cm³/mol. The lowest BCUT2D eigenvalue weighted by Crippen LogP contribution is -2.43. The first-order valence-corrected chi connectivity index (χ1v) is 10.5. The zero-order valence-corrected chi connectivity index (χ0v) is 16.5. The minimum Gasteiger partial charge on any atom is -0.461 e. The number of hydrogen-bond donors (Lipinski definition) is 1. The quantitative estimate of drug-likeness (QED) is 0.626. The summed E-state index contributed by atoms with van der Waals surface area (Å²) in [5.74, 6) is 0.457. The highest BCUT2D eigenvalue weighted by atomic mass is 32.2. The number of benzene rings is 1. The lowest BCUT2D eigenvalue weighted by Gasteiger charge is -2.18. The number of esters is 1. The van der Waals surface area contributed by atoms with Gasteiger partial charge >= 0.3 is 5.97 Å². The molecule has 0 aliphatic carbocycles. The number of carbonyl (C=O) groups is 3. The molecule has 0 saturated heterocycles. The molecule has 0 spiro atoms. The van der Waals surface area contributed by atoms with Crippen molar-refractivity contribution >= 4 is 40.5 Å². The first-order chi connectivity index (χ1) is 11.9. The summed E-state index contributed by atoms with van der Waals surface area (Å²) in [6.07, 6.45) is 2.42. The smallest absolute Gasteiger partial charge is 0.328 e. The van der Waals surface area contributed by atoms with Crippen LogP contribution in [0.15, 0.2) is 30.3 Å². The standard InChI is InChI=1S/C18H25NO4S2/c1-13(2)23-17(21)15(9-11-24-3)19-16(20)10-12-25-18(22)14-7-5-4-6-8-14/h4-8,13,15H,9-12H2,1-3H3,(H,19,20). The Kier molecular flexibility index (Phi) is 10.3. The van der Waals surface area contributed by atoms with Gasteiger partial charge in [-0.3, -0.25) is 9.59 Å². The van der Waals surface area contributed by atoms with Crippen molar-refractivity contribution in [2.24, 2.45) is 0 Å². The lowest BCUT2D eigenvalue weighted by molar-refractivity contribution is -0.151. The average molecular weight is 384 g/mol. The Labute approximate surface area is 157 Å². The Morgan fingerprint density at radius 1 is 1.12 bits per heavy atom. The maximum absolute atomic E-state index is 12.1. The number of hydrogen-bond acceptors (Lipinski definition) is 6. The number of ether oxygens (including phenoxy) is 1. The van der Waals surface area contributed by atoms with Gasteiger partial charge in [0, 0.05) is 17.7 Å². The number of nitrogens with one attached hydrogen (secondary N) is 1. The number of rotatable bonds is 10. The zero-order chi connectivity index (χ0) is 18.7. The molecule has 0 bridgehead atoms. The van der Waals surface area contributed by atoms with Crippen LogP contribution in [-0.2, 0) is 14.3 Å². The van der Waals surface area contributed by atoms with E-state index >= 15 is 0 Å². The number of amides is 1. The molecule has 0 saturated carbocycles. The topological polar surface area (TPSA) is 72.5 Å². The van der Waals surface area contributed by atoms with Crippen molar-refractivity contribution < 1.29 is 19.1 Å². The lowest BCUT2D eigenvalue weighted by atomic mass is 10.2. The van der Waals surface area contributed by atoms with Crippen molar-refractivity contribution in [1.82, 2.24) is 5.32 Å². The Hall–Kier alpha value is -1.47. The van der Waals surface area contributed by atoms with E-state index < -0.39 is 12.0 Å². The van der Waals surface area contributed by atoms with Gasteiger partial charge < -0.3 is 10.1 Å². The summed E-state index contributed by atoms with van der Waals surface area (Å²) in [6, 6.07) is 8.30. The Morgan fingerprint density at radius 3 is 2.40 bits per heavy atom. The molecule has 1 atom stereocenters. The summed E-state index contributed by atoms with van der Waals surface area (Å²) in [4.78, 5) is 36.1. The van der Waals surface area contributed by atoms with Crippen molar-refractivity contribution in [2.45, 2.75) is 38.8 Å². The fourth-order valence-electron chi connectivity index (χ4n) is 1.96. The summed E-state index contributed by atoms with van der Waals surface area (Å²) in [7, 11) is 0. The summed E-state index contributed by atoms with van der Waals surface area (Å²) < 4.78 is 5.19. The van der Waals surface area contributed by atoms with Crippen LogP contribution in [0.5, 0.6) is 0 Å². The van der Waals surface area contributed by atoms with Crippen LogP contribution in [0.1, 0.15) is 37.0 Å². The van der Waals surface area contributed by atoms with E-state index in [0.29, 0.717) is 17.7 Å². The van der Waals surface area contributed by atoms with Gasteiger partial charge in [0.15, 0.2) is 0 Å². The van der Waals surface area contributed by atoms with Gasteiger partial charge in [0.25, 0.3) is 0 Å². The van der Waals surface area contributed by atoms with Crippen molar-refractivity contribution in [2.75, 3.05) is 17.8 Å². The molecule has 1 unspecified atom stereocenters. The first kappa shape index (κ1) is 21.6. The fraction of sp³-hybridized carbons (Fsp3) is 0.500. The van der Waals surface area contributed by atoms with Crippen LogP contribution in [0.3, 0.4) is 0 Å². The molecule has 138 valence electrons. The minimum atomic E-state index is -0.642. The van der Waals surface area contributed by atoms with Crippen LogP contribution in [0, 0.1) is 0 Å². The molecular formula is C18H25NO4S2. The summed E-state index contributed by atoms with van der Waals surface area (Å²) in [5, 5.41) is 2.66. The second kappa shape index (κ2) is 12.0. The predicted octanol–water partition coefficient (Wildman–Crippen LogP) is 3.14. The molecule has 1 rings (SSSR count). The van der Waals surface area contributed by atoms with Gasteiger partial charge in [-0.25, -0.2) is 4.79 Å². The molecule has 0 radical (unpaired) electrons. The van der Waals surface area contributed by atoms with E-state index in [4.69, 9.17) is 4.74 Å². The third kappa shape index (κ3) is 8.97. The van der Waals surface area contributed by atoms with E-state index in [2.05, 4.69) is 5.32 Å². The number of thioether (sulfide) groups is 2. The Morgan fingerprint density at radius 2 is 1.80 bits per heavy atom. The summed E-state index contributed by atoms with van der Waals surface area (Å²) in [5.41, 5.74) is 0.617. The van der Waals surface area contributed by atoms with Crippen molar-refractivity contribution in [3.05, 3.63) is 35.9 Å². The van der Waals surface area contributed by atoms with Crippen LogP contribution < -0.4 is 5.32 Å². The average Bonchev–Trinajstić information content (AvgIpc) is 2.58. The van der Waals surface area contributed by atoms with Crippen LogP contribution in [-0.4, -0.2) is 46.9 Å². The maximum Gasteiger partial charge on any atom is 0.328 e. The maximum atomic E-state index is 12.1. The molecular weight excluding hydrogens is 358 g/mol. The van der Waals surface area contributed by atoms with Crippen molar-refractivity contribution in [3.63, 3.8) is 0 Å². The molecule has 0 fully saturated rings. The van der Waals surface area contributed by atoms with E-state index in [-0.39, 0.29) is 23.5 Å². The Balaban J connectivity index is 2.43. The Bertz CT molecular complexity index is 563. The molecule has 7 heteroatoms. The van der Waals surface area contributed by atoms with E-state index in [1.807, 2.05) is 12.3 Å². The van der Waals surface area contributed by atoms with Gasteiger partial charge in [-0.15, -0.1) is 0 Å². The van der Waals surface area contributed by atoms with E-state index in [1.165, 1.54) is 0 Å². The molecule has 1 aromatic carbocycles. The highest BCUT2D eigenvalue weighted by Crippen LogP contribution is 2.13. The van der Waals surface area contributed by atoms with Gasteiger partial charge in [-0.05, 0) is 32.3 Å². The monoisotopic (exact) mass is 383 g/mol. The normalized spacial score (nSPS) is 11.8. The van der Waals surface area contributed by atoms with Crippen molar-refractivity contribution in [3.8, 4) is 0 Å². The van der Waals surface area contributed by atoms with Crippen LogP contribution in [0.25, 0.3) is 0 Å². The van der Waals surface area contributed by atoms with Crippen LogP contribution in [0.4, 0.5) is 0 Å². The molecule has 1 aromatic rings. The second-order valence-electron chi connectivity index (χ2n) is 5.64. The molecule has 0 aliphatic heterocycles. The summed E-state index contributed by atoms with van der Waals surface area (Å²) >= 11 is 2.71. The zero-order valence-electron chi connectivity index (χ0n) is 14.8. The molecule has 0 aliphatic rings. The van der Waals surface area contributed by atoms with E-state index in [9.17, 15) is 14.4 Å². The summed E-state index contributed by atoms with van der Waals surface area (Å²) in [6.45, 7) is 3.55. The van der Waals surface area contributed by atoms with E-state index in [1.54, 1.807) is 49.9 Å². The van der Waals surface area contributed by atoms with Gasteiger partial charge in [0.1, 0.15) is 6.04 Å². The molecule has 5 nitrogen and oxygen atoms in total. The van der Waals surface area contributed by atoms with Gasteiger partial charge in [-0.2, -0.15) is 11.8 Å². The second-order valence-corrected chi connectivity index (χ2v) is 7.69. The minimum absolute atomic E-state index is 0.0634. The first-order valence-electron chi connectivity index (χ1n) is 8.15. The van der Waals surface area contributed by atoms with Gasteiger partial charge in [0.05, 0.1) is 6.10 Å². The molecule has 1 amide bonds. The van der Waals surface area contributed by atoms with Gasteiger partial charge in [-0.1, -0.05) is 42.1 Å².